The Morgan fingerprint density at radius 3 is 1.32 bits per heavy atom. The van der Waals surface area contributed by atoms with Crippen molar-refractivity contribution in [3.63, 3.8) is 0 Å². The molecule has 0 saturated carbocycles. The SMILES string of the molecule is CC1(C)c2ccccc2-c2cccc(-c3ccc(N(c4ccc(-c5ccc(-c6ccccc6-c6ccccc6)cc5)cc4)c4ccc5c(c4)C(C)(c4ccccc4)c4ccccc4-5)cc3)c21. The number of hydrogen-bond donors (Lipinski definition) is 0. The summed E-state index contributed by atoms with van der Waals surface area (Å²) in [7, 11) is 0. The van der Waals surface area contributed by atoms with Gasteiger partial charge in [0.2, 0.25) is 0 Å². The highest BCUT2D eigenvalue weighted by Crippen LogP contribution is 2.55. The Bertz CT molecular complexity index is 3420. The topological polar surface area (TPSA) is 3.24 Å². The minimum atomic E-state index is -0.311. The maximum Gasteiger partial charge on any atom is 0.0465 e. The lowest BCUT2D eigenvalue weighted by Gasteiger charge is -2.31. The van der Waals surface area contributed by atoms with Crippen molar-refractivity contribution in [2.24, 2.45) is 0 Å². The zero-order chi connectivity index (χ0) is 44.4. The minimum absolute atomic E-state index is 0.102. The van der Waals surface area contributed by atoms with Crippen LogP contribution < -0.4 is 4.90 Å². The zero-order valence-electron chi connectivity index (χ0n) is 37.5. The lowest BCUT2D eigenvalue weighted by Crippen LogP contribution is -2.22. The molecule has 1 heteroatoms. The Morgan fingerprint density at radius 2 is 0.682 bits per heavy atom. The summed E-state index contributed by atoms with van der Waals surface area (Å²) in [5.74, 6) is 0. The molecule has 1 unspecified atom stereocenters. The van der Waals surface area contributed by atoms with Gasteiger partial charge in [-0.1, -0.05) is 220 Å². The van der Waals surface area contributed by atoms with Gasteiger partial charge < -0.3 is 4.90 Å². The Hall–Kier alpha value is -8.00. The van der Waals surface area contributed by atoms with Crippen molar-refractivity contribution in [3.05, 3.63) is 270 Å². The highest BCUT2D eigenvalue weighted by atomic mass is 15.1. The van der Waals surface area contributed by atoms with Gasteiger partial charge in [0.25, 0.3) is 0 Å². The summed E-state index contributed by atoms with van der Waals surface area (Å²) in [5, 5.41) is 0. The van der Waals surface area contributed by atoms with Gasteiger partial charge in [0, 0.05) is 27.9 Å². The monoisotopic (exact) mass is 843 g/mol. The fourth-order valence-electron chi connectivity index (χ4n) is 11.3. The van der Waals surface area contributed by atoms with Gasteiger partial charge >= 0.3 is 0 Å². The molecule has 0 aliphatic heterocycles. The van der Waals surface area contributed by atoms with Crippen LogP contribution in [0.25, 0.3) is 66.8 Å². The average molecular weight is 844 g/mol. The normalized spacial score (nSPS) is 15.1. The van der Waals surface area contributed by atoms with E-state index in [1.807, 2.05) is 0 Å². The number of hydrogen-bond acceptors (Lipinski definition) is 1. The Kier molecular flexibility index (Phi) is 9.36. The number of nitrogens with zero attached hydrogens (tertiary/aromatic N) is 1. The molecule has 10 aromatic rings. The first-order valence-corrected chi connectivity index (χ1v) is 23.2. The second-order valence-corrected chi connectivity index (χ2v) is 18.6. The fraction of sp³-hybridized carbons (Fsp3) is 0.0769. The third-order valence-corrected chi connectivity index (χ3v) is 14.6. The Balaban J connectivity index is 0.946. The van der Waals surface area contributed by atoms with E-state index in [4.69, 9.17) is 0 Å². The van der Waals surface area contributed by atoms with Crippen molar-refractivity contribution in [1.29, 1.82) is 0 Å². The van der Waals surface area contributed by atoms with Crippen LogP contribution >= 0.6 is 0 Å². The second-order valence-electron chi connectivity index (χ2n) is 18.6. The number of rotatable bonds is 8. The first-order valence-electron chi connectivity index (χ1n) is 23.2. The van der Waals surface area contributed by atoms with Crippen molar-refractivity contribution in [3.8, 4) is 66.8 Å². The van der Waals surface area contributed by atoms with Crippen molar-refractivity contribution in [2.45, 2.75) is 31.6 Å². The van der Waals surface area contributed by atoms with Gasteiger partial charge in [0.15, 0.2) is 0 Å². The molecule has 0 radical (unpaired) electrons. The fourth-order valence-corrected chi connectivity index (χ4v) is 11.3. The number of anilines is 3. The molecular formula is C65H49N. The van der Waals surface area contributed by atoms with Gasteiger partial charge in [0.05, 0.1) is 0 Å². The first-order chi connectivity index (χ1) is 32.4. The van der Waals surface area contributed by atoms with Crippen molar-refractivity contribution in [2.75, 3.05) is 4.90 Å². The predicted octanol–water partition coefficient (Wildman–Crippen LogP) is 17.5. The van der Waals surface area contributed by atoms with Crippen LogP contribution in [0.15, 0.2) is 243 Å². The van der Waals surface area contributed by atoms with E-state index in [1.165, 1.54) is 94.6 Å². The average Bonchev–Trinajstić information content (AvgIpc) is 3.79. The summed E-state index contributed by atoms with van der Waals surface area (Å²) >= 11 is 0. The van der Waals surface area contributed by atoms with Gasteiger partial charge in [-0.3, -0.25) is 0 Å². The molecule has 0 N–H and O–H groups in total. The summed E-state index contributed by atoms with van der Waals surface area (Å²) < 4.78 is 0. The third kappa shape index (κ3) is 6.30. The standard InChI is InChI=1S/C65H49N/c1-64(2)60-27-14-12-24-57(60)59-26-16-25-55(63(59)64)48-35-39-51(40-36-48)66(52-41-42-58-56-23-13-15-28-61(56)65(3,62(58)43-52)49-19-8-5-9-20-49)50-37-33-45(34-38-50)44-29-31-47(32-30-44)54-22-11-10-21-53(54)46-17-6-4-7-18-46/h4-43H,1-3H3. The van der Waals surface area contributed by atoms with Crippen LogP contribution in [0.1, 0.15) is 48.6 Å². The van der Waals surface area contributed by atoms with E-state index < -0.39 is 0 Å². The predicted molar refractivity (Wildman–Crippen MR) is 278 cm³/mol. The molecule has 66 heavy (non-hydrogen) atoms. The molecule has 1 atom stereocenters. The van der Waals surface area contributed by atoms with Crippen molar-refractivity contribution >= 4 is 17.1 Å². The summed E-state index contributed by atoms with van der Waals surface area (Å²) in [4.78, 5) is 2.43. The van der Waals surface area contributed by atoms with Crippen molar-refractivity contribution < 1.29 is 0 Å². The van der Waals surface area contributed by atoms with E-state index in [2.05, 4.69) is 268 Å². The molecule has 314 valence electrons. The lowest BCUT2D eigenvalue weighted by molar-refractivity contribution is 0.662. The van der Waals surface area contributed by atoms with Gasteiger partial charge in [-0.15, -0.1) is 0 Å². The summed E-state index contributed by atoms with van der Waals surface area (Å²) in [6.07, 6.45) is 0. The molecular weight excluding hydrogens is 795 g/mol. The Morgan fingerprint density at radius 1 is 0.273 bits per heavy atom. The molecule has 1 nitrogen and oxygen atoms in total. The van der Waals surface area contributed by atoms with E-state index >= 15 is 0 Å². The highest BCUT2D eigenvalue weighted by Gasteiger charge is 2.41. The molecule has 0 spiro atoms. The Labute approximate surface area is 389 Å². The van der Waals surface area contributed by atoms with E-state index in [1.54, 1.807) is 0 Å². The van der Waals surface area contributed by atoms with Gasteiger partial charge in [0.1, 0.15) is 0 Å². The molecule has 0 amide bonds. The zero-order valence-corrected chi connectivity index (χ0v) is 37.5. The molecule has 0 saturated heterocycles. The highest BCUT2D eigenvalue weighted by molar-refractivity contribution is 5.91. The summed E-state index contributed by atoms with van der Waals surface area (Å²) in [6, 6.07) is 89.5. The smallest absolute Gasteiger partial charge is 0.0465 e. The van der Waals surface area contributed by atoms with E-state index in [9.17, 15) is 0 Å². The van der Waals surface area contributed by atoms with Crippen LogP contribution in [-0.4, -0.2) is 0 Å². The van der Waals surface area contributed by atoms with Crippen LogP contribution in [0.2, 0.25) is 0 Å². The van der Waals surface area contributed by atoms with E-state index in [-0.39, 0.29) is 10.8 Å². The van der Waals surface area contributed by atoms with Crippen LogP contribution in [0.4, 0.5) is 17.1 Å². The maximum absolute atomic E-state index is 2.44. The quantitative estimate of drug-likeness (QED) is 0.147. The lowest BCUT2D eigenvalue weighted by atomic mass is 9.74. The van der Waals surface area contributed by atoms with Gasteiger partial charge in [-0.05, 0) is 138 Å². The first kappa shape index (κ1) is 39.6. The summed E-state index contributed by atoms with van der Waals surface area (Å²) in [6.45, 7) is 7.14. The number of benzene rings is 10. The van der Waals surface area contributed by atoms with E-state index in [0.717, 1.165) is 17.1 Å². The van der Waals surface area contributed by atoms with E-state index in [0.29, 0.717) is 0 Å². The molecule has 0 heterocycles. The molecule has 0 bridgehead atoms. The molecule has 0 aromatic heterocycles. The minimum Gasteiger partial charge on any atom is -0.310 e. The maximum atomic E-state index is 2.44. The van der Waals surface area contributed by atoms with Gasteiger partial charge in [-0.25, -0.2) is 0 Å². The number of fused-ring (bicyclic) bond motifs is 6. The van der Waals surface area contributed by atoms with Crippen LogP contribution in [-0.2, 0) is 10.8 Å². The van der Waals surface area contributed by atoms with Crippen molar-refractivity contribution in [1.82, 2.24) is 0 Å². The molecule has 12 rings (SSSR count). The largest absolute Gasteiger partial charge is 0.310 e. The third-order valence-electron chi connectivity index (χ3n) is 14.6. The van der Waals surface area contributed by atoms with Crippen LogP contribution in [0.3, 0.4) is 0 Å². The molecule has 2 aliphatic carbocycles. The molecule has 0 fully saturated rings. The molecule has 10 aromatic carbocycles. The second kappa shape index (κ2) is 15.6. The molecule has 2 aliphatic rings. The van der Waals surface area contributed by atoms with Crippen LogP contribution in [0.5, 0.6) is 0 Å². The van der Waals surface area contributed by atoms with Gasteiger partial charge in [-0.2, -0.15) is 0 Å². The summed E-state index contributed by atoms with van der Waals surface area (Å²) in [5.41, 5.74) is 24.8. The van der Waals surface area contributed by atoms with Crippen LogP contribution in [0, 0.1) is 0 Å².